The zero-order valence-corrected chi connectivity index (χ0v) is 8.47. The van der Waals surface area contributed by atoms with Crippen molar-refractivity contribution in [2.45, 2.75) is 46.5 Å². The third-order valence-corrected chi connectivity index (χ3v) is 3.49. The van der Waals surface area contributed by atoms with Crippen LogP contribution in [0.5, 0.6) is 0 Å². The quantitative estimate of drug-likeness (QED) is 0.579. The van der Waals surface area contributed by atoms with Gasteiger partial charge in [0.05, 0.1) is 0 Å². The molecule has 1 aliphatic carbocycles. The molecule has 1 heteroatoms. The molecule has 0 saturated heterocycles. The molecule has 0 radical (unpaired) electrons. The van der Waals surface area contributed by atoms with Gasteiger partial charge in [-0.1, -0.05) is 27.2 Å². The van der Waals surface area contributed by atoms with Crippen LogP contribution in [0.15, 0.2) is 0 Å². The molecular weight excluding hydrogens is 148 g/mol. The fraction of sp³-hybridized carbons (Fsp3) is 0.909. The normalized spacial score (nSPS) is 42.6. The number of hydrogen-bond donors (Lipinski definition) is 0. The third-order valence-electron chi connectivity index (χ3n) is 3.49. The molecule has 1 fully saturated rings. The Balaban J connectivity index is 2.56. The second kappa shape index (κ2) is 3.59. The van der Waals surface area contributed by atoms with Crippen molar-refractivity contribution < 1.29 is 4.79 Å². The fourth-order valence-corrected chi connectivity index (χ4v) is 2.52. The number of carbonyl (C=O) groups is 1. The van der Waals surface area contributed by atoms with Crippen LogP contribution in [0.4, 0.5) is 0 Å². The summed E-state index contributed by atoms with van der Waals surface area (Å²) in [5.74, 6) is 1.59. The van der Waals surface area contributed by atoms with E-state index >= 15 is 0 Å². The second-order valence-corrected chi connectivity index (χ2v) is 4.66. The van der Waals surface area contributed by atoms with E-state index in [1.165, 1.54) is 12.8 Å². The zero-order valence-electron chi connectivity index (χ0n) is 8.47. The molecule has 0 N–H and O–H groups in total. The van der Waals surface area contributed by atoms with Crippen molar-refractivity contribution in [3.8, 4) is 0 Å². The minimum Gasteiger partial charge on any atom is -0.303 e. The van der Waals surface area contributed by atoms with Crippen molar-refractivity contribution in [2.24, 2.45) is 17.3 Å². The molecule has 0 aromatic carbocycles. The summed E-state index contributed by atoms with van der Waals surface area (Å²) in [6, 6.07) is 0. The predicted octanol–water partition coefficient (Wildman–Crippen LogP) is 3.04. The molecule has 12 heavy (non-hydrogen) atoms. The van der Waals surface area contributed by atoms with E-state index in [-0.39, 0.29) is 5.41 Å². The first-order valence-corrected chi connectivity index (χ1v) is 5.07. The standard InChI is InChI=1S/C11H20O/c1-4-10-5-6-11(3,8-12)7-9(10)2/h8-10H,4-7H2,1-3H3. The van der Waals surface area contributed by atoms with Gasteiger partial charge in [0.15, 0.2) is 0 Å². The van der Waals surface area contributed by atoms with Crippen LogP contribution < -0.4 is 0 Å². The maximum Gasteiger partial charge on any atom is 0.125 e. The number of hydrogen-bond acceptors (Lipinski definition) is 1. The maximum absolute atomic E-state index is 10.8. The van der Waals surface area contributed by atoms with E-state index in [4.69, 9.17) is 0 Å². The lowest BCUT2D eigenvalue weighted by Crippen LogP contribution is -2.31. The summed E-state index contributed by atoms with van der Waals surface area (Å²) < 4.78 is 0. The highest BCUT2D eigenvalue weighted by Crippen LogP contribution is 2.41. The van der Waals surface area contributed by atoms with E-state index in [2.05, 4.69) is 20.8 Å². The molecular formula is C11H20O. The molecule has 1 nitrogen and oxygen atoms in total. The number of rotatable bonds is 2. The highest BCUT2D eigenvalue weighted by atomic mass is 16.1. The molecule has 0 aliphatic heterocycles. The van der Waals surface area contributed by atoms with Gasteiger partial charge in [-0.05, 0) is 31.1 Å². The molecule has 70 valence electrons. The Morgan fingerprint density at radius 3 is 2.67 bits per heavy atom. The van der Waals surface area contributed by atoms with Crippen LogP contribution in [0.25, 0.3) is 0 Å². The lowest BCUT2D eigenvalue weighted by atomic mass is 9.67. The average molecular weight is 168 g/mol. The summed E-state index contributed by atoms with van der Waals surface area (Å²) in [7, 11) is 0. The molecule has 3 atom stereocenters. The van der Waals surface area contributed by atoms with Crippen LogP contribution in [0.2, 0.25) is 0 Å². The molecule has 3 unspecified atom stereocenters. The Morgan fingerprint density at radius 1 is 1.58 bits per heavy atom. The van der Waals surface area contributed by atoms with E-state index in [1.54, 1.807) is 0 Å². The summed E-state index contributed by atoms with van der Waals surface area (Å²) in [6.07, 6.45) is 5.87. The third kappa shape index (κ3) is 1.88. The number of aldehydes is 1. The van der Waals surface area contributed by atoms with Crippen LogP contribution in [-0.4, -0.2) is 6.29 Å². The van der Waals surface area contributed by atoms with Gasteiger partial charge < -0.3 is 4.79 Å². The van der Waals surface area contributed by atoms with E-state index in [0.717, 1.165) is 31.0 Å². The fourth-order valence-electron chi connectivity index (χ4n) is 2.52. The van der Waals surface area contributed by atoms with Gasteiger partial charge in [0.1, 0.15) is 6.29 Å². The van der Waals surface area contributed by atoms with E-state index in [0.29, 0.717) is 0 Å². The first kappa shape index (κ1) is 9.76. The SMILES string of the molecule is CCC1CCC(C)(C=O)CC1C. The van der Waals surface area contributed by atoms with Gasteiger partial charge in [-0.15, -0.1) is 0 Å². The Morgan fingerprint density at radius 2 is 2.25 bits per heavy atom. The van der Waals surface area contributed by atoms with Crippen LogP contribution >= 0.6 is 0 Å². The number of carbonyl (C=O) groups excluding carboxylic acids is 1. The molecule has 0 spiro atoms. The molecule has 0 amide bonds. The van der Waals surface area contributed by atoms with Crippen molar-refractivity contribution in [2.75, 3.05) is 0 Å². The average Bonchev–Trinajstić information content (AvgIpc) is 2.05. The van der Waals surface area contributed by atoms with E-state index < -0.39 is 0 Å². The molecule has 0 heterocycles. The topological polar surface area (TPSA) is 17.1 Å². The molecule has 1 rings (SSSR count). The molecule has 1 aliphatic rings. The summed E-state index contributed by atoms with van der Waals surface area (Å²) in [5.41, 5.74) is -0.00884. The monoisotopic (exact) mass is 168 g/mol. The molecule has 0 aromatic heterocycles. The molecule has 1 saturated carbocycles. The van der Waals surface area contributed by atoms with E-state index in [9.17, 15) is 4.79 Å². The minimum absolute atomic E-state index is 0.00884. The van der Waals surface area contributed by atoms with Gasteiger partial charge >= 0.3 is 0 Å². The van der Waals surface area contributed by atoms with Crippen LogP contribution in [0.1, 0.15) is 46.5 Å². The van der Waals surface area contributed by atoms with Crippen molar-refractivity contribution >= 4 is 6.29 Å². The Hall–Kier alpha value is -0.330. The van der Waals surface area contributed by atoms with Gasteiger partial charge in [-0.3, -0.25) is 0 Å². The highest BCUT2D eigenvalue weighted by Gasteiger charge is 2.34. The minimum atomic E-state index is -0.00884. The van der Waals surface area contributed by atoms with Crippen molar-refractivity contribution in [1.29, 1.82) is 0 Å². The van der Waals surface area contributed by atoms with E-state index in [1.807, 2.05) is 0 Å². The summed E-state index contributed by atoms with van der Waals surface area (Å²) in [6.45, 7) is 6.64. The van der Waals surface area contributed by atoms with Crippen LogP contribution in [0, 0.1) is 17.3 Å². The maximum atomic E-state index is 10.8. The second-order valence-electron chi connectivity index (χ2n) is 4.66. The van der Waals surface area contributed by atoms with Gasteiger partial charge in [0.2, 0.25) is 0 Å². The molecule has 0 aromatic rings. The van der Waals surface area contributed by atoms with Crippen molar-refractivity contribution in [3.63, 3.8) is 0 Å². The Kier molecular flexibility index (Phi) is 2.92. The smallest absolute Gasteiger partial charge is 0.125 e. The Bertz CT molecular complexity index is 164. The lowest BCUT2D eigenvalue weighted by Gasteiger charge is -2.37. The largest absolute Gasteiger partial charge is 0.303 e. The summed E-state index contributed by atoms with van der Waals surface area (Å²) >= 11 is 0. The van der Waals surface area contributed by atoms with Crippen molar-refractivity contribution in [3.05, 3.63) is 0 Å². The van der Waals surface area contributed by atoms with Gasteiger partial charge in [-0.25, -0.2) is 0 Å². The van der Waals surface area contributed by atoms with Gasteiger partial charge in [0.25, 0.3) is 0 Å². The van der Waals surface area contributed by atoms with Gasteiger partial charge in [-0.2, -0.15) is 0 Å². The van der Waals surface area contributed by atoms with Crippen LogP contribution in [-0.2, 0) is 4.79 Å². The van der Waals surface area contributed by atoms with Crippen LogP contribution in [0.3, 0.4) is 0 Å². The lowest BCUT2D eigenvalue weighted by molar-refractivity contribution is -0.118. The summed E-state index contributed by atoms with van der Waals surface area (Å²) in [4.78, 5) is 10.8. The predicted molar refractivity (Wildman–Crippen MR) is 51.0 cm³/mol. The highest BCUT2D eigenvalue weighted by molar-refractivity contribution is 5.58. The Labute approximate surface area is 75.5 Å². The first-order chi connectivity index (χ1) is 5.61. The molecule has 0 bridgehead atoms. The first-order valence-electron chi connectivity index (χ1n) is 5.07. The zero-order chi connectivity index (χ0) is 9.19. The summed E-state index contributed by atoms with van der Waals surface area (Å²) in [5, 5.41) is 0. The van der Waals surface area contributed by atoms with Gasteiger partial charge in [0, 0.05) is 5.41 Å². The van der Waals surface area contributed by atoms with Crippen molar-refractivity contribution in [1.82, 2.24) is 0 Å².